The maximum absolute atomic E-state index is 13.0. The quantitative estimate of drug-likeness (QED) is 0.475. The molecule has 4 rings (SSSR count). The Morgan fingerprint density at radius 2 is 1.30 bits per heavy atom. The molecular weight excluding hydrogens is 312 g/mol. The van der Waals surface area contributed by atoms with E-state index in [0.717, 1.165) is 47.6 Å². The van der Waals surface area contributed by atoms with Crippen molar-refractivity contribution in [1.82, 2.24) is 0 Å². The first-order valence-corrected chi connectivity index (χ1v) is 9.84. The van der Waals surface area contributed by atoms with E-state index in [1.54, 1.807) is 0 Å². The van der Waals surface area contributed by atoms with E-state index in [4.69, 9.17) is 0 Å². The van der Waals surface area contributed by atoms with Gasteiger partial charge in [-0.15, -0.1) is 0 Å². The topological polar surface area (TPSA) is 19.9 Å². The summed E-state index contributed by atoms with van der Waals surface area (Å²) in [6.07, 6.45) is 0. The van der Waals surface area contributed by atoms with Crippen molar-refractivity contribution in [2.75, 3.05) is 0 Å². The summed E-state index contributed by atoms with van der Waals surface area (Å²) in [5.74, 6) is 0.202. The Bertz CT molecular complexity index is 1050. The molecule has 4 aromatic carbocycles. The highest BCUT2D eigenvalue weighted by molar-refractivity contribution is 6.37. The summed E-state index contributed by atoms with van der Waals surface area (Å²) < 4.78 is 0. The highest BCUT2D eigenvalue weighted by Gasteiger charge is 2.16. The number of fused-ring (bicyclic) bond motifs is 2. The summed E-state index contributed by atoms with van der Waals surface area (Å²) in [5.41, 5.74) is 1.97. The van der Waals surface area contributed by atoms with Crippen LogP contribution in [0, 0.1) is 0 Å². The first kappa shape index (κ1) is 14.2. The minimum absolute atomic E-state index is 0.202. The van der Waals surface area contributed by atoms with Gasteiger partial charge in [0.2, 0.25) is 0 Å². The fourth-order valence-electron chi connectivity index (χ4n) is 3.40. The third kappa shape index (κ3) is 2.29. The van der Waals surface area contributed by atoms with Crippen LogP contribution in [0.4, 0.5) is 0 Å². The summed E-state index contributed by atoms with van der Waals surface area (Å²) in [6.45, 7) is 0. The second-order valence-electron chi connectivity index (χ2n) is 6.15. The lowest BCUT2D eigenvalue weighted by atomic mass is 9.93. The van der Waals surface area contributed by atoms with Gasteiger partial charge in [0.15, 0.2) is 5.75 Å². The molecule has 0 N–H and O–H groups in total. The first-order chi connectivity index (χ1) is 11.1. The van der Waals surface area contributed by atoms with E-state index in [0.29, 0.717) is 0 Å². The fourth-order valence-corrected chi connectivity index (χ4v) is 4.56. The van der Waals surface area contributed by atoms with Crippen LogP contribution in [0.5, 0.6) is 5.75 Å². The largest absolute Gasteiger partial charge is 0.289 e. The van der Waals surface area contributed by atoms with E-state index in [-0.39, 0.29) is 5.75 Å². The molecule has 23 heavy (non-hydrogen) atoms. The molecule has 0 unspecified atom stereocenters. The average molecular weight is 330 g/mol. The zero-order valence-electron chi connectivity index (χ0n) is 13.3. The van der Waals surface area contributed by atoms with Crippen molar-refractivity contribution in [2.24, 2.45) is 0 Å². The average Bonchev–Trinajstić information content (AvgIpc) is 2.55. The third-order valence-electron chi connectivity index (χ3n) is 4.46. The van der Waals surface area contributed by atoms with Gasteiger partial charge in [-0.2, -0.15) is 0 Å². The van der Waals surface area contributed by atoms with Crippen LogP contribution in [0.3, 0.4) is 0 Å². The van der Waals surface area contributed by atoms with Gasteiger partial charge in [0.05, 0.1) is 0 Å². The first-order valence-electron chi connectivity index (χ1n) is 7.84. The van der Waals surface area contributed by atoms with Crippen molar-refractivity contribution >= 4 is 52.4 Å². The fraction of sp³-hybridized carbons (Fsp3) is 0. The molecule has 0 aliphatic rings. The number of hydrogen-bond acceptors (Lipinski definition) is 0. The van der Waals surface area contributed by atoms with Crippen molar-refractivity contribution in [1.29, 1.82) is 0 Å². The summed E-state index contributed by atoms with van der Waals surface area (Å²) in [5, 5.41) is 19.9. The number of rotatable bonds is 1. The van der Waals surface area contributed by atoms with Gasteiger partial charge in [0.1, 0.15) is 0 Å². The number of benzene rings is 4. The van der Waals surface area contributed by atoms with Gasteiger partial charge in [0.25, 0.3) is 0 Å². The maximum atomic E-state index is 13.0. The molecular formula is C20H17OSi2. The van der Waals surface area contributed by atoms with Crippen LogP contribution in [0.25, 0.3) is 32.7 Å². The normalized spacial score (nSPS) is 11.5. The highest BCUT2D eigenvalue weighted by atomic mass is 28.1. The monoisotopic (exact) mass is 329 g/mol. The molecule has 0 fully saturated rings. The highest BCUT2D eigenvalue weighted by Crippen LogP contribution is 2.38. The molecule has 0 aliphatic heterocycles. The van der Waals surface area contributed by atoms with Crippen molar-refractivity contribution in [3.05, 3.63) is 66.7 Å². The van der Waals surface area contributed by atoms with Crippen LogP contribution in [0.15, 0.2) is 66.7 Å². The molecule has 0 bridgehead atoms. The van der Waals surface area contributed by atoms with Crippen LogP contribution < -0.4 is 10.4 Å². The standard InChI is InChI=1S/C20H17OSi2/c21-20-18(23)10-13-6-2-4-8-16(13)19(20)17-11-14(22)9-12-5-1-3-7-15(12)17/h1-11H,22-23H3. The molecule has 1 radical (unpaired) electrons. The Morgan fingerprint density at radius 1 is 0.696 bits per heavy atom. The molecule has 0 aromatic heterocycles. The Labute approximate surface area is 141 Å². The van der Waals surface area contributed by atoms with Crippen molar-refractivity contribution in [2.45, 2.75) is 0 Å². The lowest BCUT2D eigenvalue weighted by molar-refractivity contribution is 0.361. The van der Waals surface area contributed by atoms with E-state index in [1.165, 1.54) is 16.0 Å². The van der Waals surface area contributed by atoms with Crippen LogP contribution in [0.2, 0.25) is 0 Å². The van der Waals surface area contributed by atoms with Gasteiger partial charge in [-0.25, -0.2) is 0 Å². The summed E-state index contributed by atoms with van der Waals surface area (Å²) in [6, 6.07) is 23.1. The molecule has 0 saturated heterocycles. The van der Waals surface area contributed by atoms with Gasteiger partial charge in [-0.3, -0.25) is 5.11 Å². The van der Waals surface area contributed by atoms with Crippen LogP contribution in [-0.2, 0) is 5.11 Å². The Hall–Kier alpha value is -2.37. The van der Waals surface area contributed by atoms with Crippen LogP contribution in [-0.4, -0.2) is 20.5 Å². The van der Waals surface area contributed by atoms with E-state index >= 15 is 0 Å². The SMILES string of the molecule is [O]c1c([SiH3])cc2ccccc2c1-c1cc([SiH3])cc2ccccc12. The molecule has 0 aliphatic carbocycles. The predicted molar refractivity (Wildman–Crippen MR) is 106 cm³/mol. The molecule has 111 valence electrons. The second kappa shape index (κ2) is 5.37. The Balaban J connectivity index is 2.21. The van der Waals surface area contributed by atoms with Gasteiger partial charge >= 0.3 is 0 Å². The molecule has 3 heteroatoms. The van der Waals surface area contributed by atoms with Crippen molar-refractivity contribution in [3.8, 4) is 16.9 Å². The second-order valence-corrected chi connectivity index (χ2v) is 8.38. The van der Waals surface area contributed by atoms with Crippen LogP contribution in [0.1, 0.15) is 0 Å². The van der Waals surface area contributed by atoms with Gasteiger partial charge in [-0.1, -0.05) is 71.9 Å². The van der Waals surface area contributed by atoms with Gasteiger partial charge in [0, 0.05) is 26.0 Å². The summed E-state index contributed by atoms with van der Waals surface area (Å²) in [7, 11) is 1.75. The molecule has 0 amide bonds. The zero-order chi connectivity index (χ0) is 16.0. The Morgan fingerprint density at radius 3 is 2.04 bits per heavy atom. The van der Waals surface area contributed by atoms with E-state index in [9.17, 15) is 5.11 Å². The van der Waals surface area contributed by atoms with Gasteiger partial charge < -0.3 is 0 Å². The van der Waals surface area contributed by atoms with E-state index < -0.39 is 0 Å². The van der Waals surface area contributed by atoms with Crippen LogP contribution >= 0.6 is 0 Å². The summed E-state index contributed by atoms with van der Waals surface area (Å²) in [4.78, 5) is 0. The third-order valence-corrected chi connectivity index (χ3v) is 5.78. The lowest BCUT2D eigenvalue weighted by Gasteiger charge is -2.14. The van der Waals surface area contributed by atoms with Gasteiger partial charge in [-0.05, 0) is 32.3 Å². The Kier molecular flexibility index (Phi) is 3.32. The molecule has 0 atom stereocenters. The number of hydrogen-bond donors (Lipinski definition) is 0. The molecule has 0 saturated carbocycles. The zero-order valence-corrected chi connectivity index (χ0v) is 17.3. The smallest absolute Gasteiger partial charge is 0.185 e. The van der Waals surface area contributed by atoms with Crippen molar-refractivity contribution in [3.63, 3.8) is 0 Å². The summed E-state index contributed by atoms with van der Waals surface area (Å²) >= 11 is 0. The van der Waals surface area contributed by atoms with E-state index in [2.05, 4.69) is 54.6 Å². The maximum Gasteiger partial charge on any atom is 0.185 e. The minimum Gasteiger partial charge on any atom is -0.289 e. The molecule has 0 spiro atoms. The molecule has 1 nitrogen and oxygen atoms in total. The van der Waals surface area contributed by atoms with Crippen molar-refractivity contribution < 1.29 is 5.11 Å². The predicted octanol–water partition coefficient (Wildman–Crippen LogP) is 1.79. The minimum atomic E-state index is 0.202. The van der Waals surface area contributed by atoms with E-state index in [1.807, 2.05) is 12.1 Å². The molecule has 4 aromatic rings. The molecule has 0 heterocycles. The lowest BCUT2D eigenvalue weighted by Crippen LogP contribution is -2.06.